The fourth-order valence-electron chi connectivity index (χ4n) is 6.04. The number of unbranched alkanes of at least 4 members (excludes halogenated alkanes) is 3. The van der Waals surface area contributed by atoms with Gasteiger partial charge in [-0.15, -0.1) is 5.10 Å². The number of benzene rings is 4. The molecule has 0 bridgehead atoms. The number of hydrogen-bond donors (Lipinski definition) is 5. The van der Waals surface area contributed by atoms with E-state index in [9.17, 15) is 19.8 Å². The fourth-order valence-corrected chi connectivity index (χ4v) is 6.95. The number of aliphatic hydroxyl groups is 1. The second-order valence-electron chi connectivity index (χ2n) is 13.1. The maximum atomic E-state index is 12.5. The molecule has 1 aliphatic heterocycles. The van der Waals surface area contributed by atoms with Crippen LogP contribution in [0, 0.1) is 0 Å². The smallest absolute Gasteiger partial charge is 0.224 e. The first-order valence-electron chi connectivity index (χ1n) is 18.1. The highest BCUT2D eigenvalue weighted by atomic mass is 32.2. The Morgan fingerprint density at radius 1 is 0.833 bits per heavy atom. The summed E-state index contributed by atoms with van der Waals surface area (Å²) in [6, 6.07) is 29.4. The van der Waals surface area contributed by atoms with Crippen LogP contribution in [0.3, 0.4) is 0 Å². The van der Waals surface area contributed by atoms with Gasteiger partial charge in [-0.1, -0.05) is 85.3 Å². The Balaban J connectivity index is 0.979. The molecule has 0 spiro atoms. The van der Waals surface area contributed by atoms with Gasteiger partial charge in [-0.05, 0) is 76.4 Å². The van der Waals surface area contributed by atoms with E-state index in [1.54, 1.807) is 41.1 Å². The van der Waals surface area contributed by atoms with Gasteiger partial charge in [-0.25, -0.2) is 0 Å². The summed E-state index contributed by atoms with van der Waals surface area (Å²) in [5.74, 6) is 0.648. The molecular weight excluding hydrogens is 707 g/mol. The van der Waals surface area contributed by atoms with Crippen LogP contribution in [0.4, 0.5) is 11.4 Å². The van der Waals surface area contributed by atoms with Crippen LogP contribution >= 0.6 is 11.8 Å². The zero-order valence-electron chi connectivity index (χ0n) is 29.8. The molecule has 6 N–H and O–H groups in total. The molecule has 282 valence electrons. The number of ether oxygens (including phenoxy) is 2. The van der Waals surface area contributed by atoms with Gasteiger partial charge >= 0.3 is 0 Å². The monoisotopic (exact) mass is 751 g/mol. The van der Waals surface area contributed by atoms with Gasteiger partial charge in [0.15, 0.2) is 6.29 Å². The average Bonchev–Trinajstić information content (AvgIpc) is 3.67. The van der Waals surface area contributed by atoms with Crippen molar-refractivity contribution in [1.82, 2.24) is 25.5 Å². The van der Waals surface area contributed by atoms with Crippen LogP contribution in [0.15, 0.2) is 102 Å². The van der Waals surface area contributed by atoms with Gasteiger partial charge in [0.25, 0.3) is 0 Å². The zero-order chi connectivity index (χ0) is 37.7. The number of nitrogens with two attached hydrogens (primary N) is 1. The summed E-state index contributed by atoms with van der Waals surface area (Å²) < 4.78 is 14.6. The minimum atomic E-state index is -0.633. The van der Waals surface area contributed by atoms with Gasteiger partial charge in [0.05, 0.1) is 35.9 Å². The number of nitrogens with one attached hydrogen (secondary N) is 2. The van der Waals surface area contributed by atoms with Crippen molar-refractivity contribution in [2.75, 3.05) is 16.8 Å². The normalized spacial score (nSPS) is 16.9. The summed E-state index contributed by atoms with van der Waals surface area (Å²) in [6.45, 7) is 0.372. The van der Waals surface area contributed by atoms with Crippen LogP contribution in [-0.4, -0.2) is 54.1 Å². The molecule has 6 rings (SSSR count). The van der Waals surface area contributed by atoms with Crippen molar-refractivity contribution < 1.29 is 29.3 Å². The maximum Gasteiger partial charge on any atom is 0.224 e. The number of amides is 2. The lowest BCUT2D eigenvalue weighted by molar-refractivity contribution is -0.245. The Bertz CT molecular complexity index is 1960. The van der Waals surface area contributed by atoms with Gasteiger partial charge in [-0.3, -0.25) is 9.59 Å². The van der Waals surface area contributed by atoms with Crippen molar-refractivity contribution in [2.24, 2.45) is 0 Å². The standard InChI is InChI=1S/C40H45N7O6S/c41-34-7-5-6-8-35(34)43-38(51)10-4-2-1-3-9-37(50)42-24-27-11-17-30(18-12-27)39-52-33(23-36(53-39)29-15-13-28(25-48)14-16-29)26-54-40-44-45-46-47(40)31-19-21-32(49)22-20-31/h5-8,11-22,33,36,39,48-49H,1-4,9-10,23-26,41H2,(H,42,50)(H,43,51)/t33-,36+,39+/m0/s1. The fraction of sp³-hybridized carbons (Fsp3) is 0.325. The number of phenols is 1. The van der Waals surface area contributed by atoms with Crippen molar-refractivity contribution in [3.8, 4) is 11.4 Å². The maximum absolute atomic E-state index is 12.5. The number of carbonyl (C=O) groups excluding carboxylic acids is 2. The lowest BCUT2D eigenvalue weighted by Crippen LogP contribution is -2.31. The summed E-state index contributed by atoms with van der Waals surface area (Å²) in [5.41, 5.74) is 11.4. The van der Waals surface area contributed by atoms with E-state index in [1.165, 1.54) is 11.8 Å². The third-order valence-corrected chi connectivity index (χ3v) is 10.1. The van der Waals surface area contributed by atoms with Gasteiger partial charge in [0.1, 0.15) is 5.75 Å². The molecule has 2 heterocycles. The Hall–Kier alpha value is -5.28. The van der Waals surface area contributed by atoms with Crippen molar-refractivity contribution in [3.05, 3.63) is 119 Å². The van der Waals surface area contributed by atoms with Crippen molar-refractivity contribution in [2.45, 2.75) is 81.8 Å². The van der Waals surface area contributed by atoms with Gasteiger partial charge in [0.2, 0.25) is 17.0 Å². The van der Waals surface area contributed by atoms with E-state index in [4.69, 9.17) is 15.2 Å². The number of thioether (sulfide) groups is 1. The molecule has 14 heteroatoms. The SMILES string of the molecule is Nc1ccccc1NC(=O)CCCCCCC(=O)NCc1ccc([C@@H]2O[C@H](CSc3nnnn3-c3ccc(O)cc3)C[C@H](c3ccc(CO)cc3)O2)cc1. The first-order chi connectivity index (χ1) is 26.3. The first kappa shape index (κ1) is 38.4. The Morgan fingerprint density at radius 2 is 1.52 bits per heavy atom. The molecule has 1 saturated heterocycles. The lowest BCUT2D eigenvalue weighted by Gasteiger charge is -2.36. The summed E-state index contributed by atoms with van der Waals surface area (Å²) in [5, 5.41) is 37.9. The highest BCUT2D eigenvalue weighted by Crippen LogP contribution is 2.39. The molecule has 3 atom stereocenters. The number of phenolic OH excluding ortho intramolecular Hbond substituents is 1. The predicted molar refractivity (Wildman–Crippen MR) is 205 cm³/mol. The molecule has 0 unspecified atom stereocenters. The number of nitrogens with zero attached hydrogens (tertiary/aromatic N) is 4. The molecule has 1 aliphatic rings. The van der Waals surface area contributed by atoms with Crippen LogP contribution in [0.25, 0.3) is 5.69 Å². The molecule has 4 aromatic carbocycles. The number of hydrogen-bond acceptors (Lipinski definition) is 11. The van der Waals surface area contributed by atoms with E-state index >= 15 is 0 Å². The van der Waals surface area contributed by atoms with Crippen molar-refractivity contribution in [3.63, 3.8) is 0 Å². The highest BCUT2D eigenvalue weighted by Gasteiger charge is 2.32. The number of nitrogen functional groups attached to an aromatic ring is 1. The molecule has 0 aliphatic carbocycles. The molecule has 1 fully saturated rings. The van der Waals surface area contributed by atoms with Crippen molar-refractivity contribution >= 4 is 35.0 Å². The first-order valence-corrected chi connectivity index (χ1v) is 19.0. The number of tetrazole rings is 1. The molecule has 5 aromatic rings. The number of aromatic hydroxyl groups is 1. The van der Waals surface area contributed by atoms with E-state index in [2.05, 4.69) is 26.2 Å². The number of carbonyl (C=O) groups is 2. The van der Waals surface area contributed by atoms with Crippen LogP contribution in [0.1, 0.15) is 79.6 Å². The van der Waals surface area contributed by atoms with Crippen LogP contribution in [0.2, 0.25) is 0 Å². The Labute approximate surface area is 318 Å². The number of aliphatic hydroxyl groups excluding tert-OH is 1. The van der Waals surface area contributed by atoms with Gasteiger partial charge in [0, 0.05) is 37.1 Å². The van der Waals surface area contributed by atoms with Gasteiger partial charge < -0.3 is 36.1 Å². The topological polar surface area (TPSA) is 187 Å². The number of anilines is 2. The van der Waals surface area contributed by atoms with E-state index < -0.39 is 6.29 Å². The zero-order valence-corrected chi connectivity index (χ0v) is 30.7. The molecule has 1 aromatic heterocycles. The summed E-state index contributed by atoms with van der Waals surface area (Å²) in [6.07, 6.45) is 3.59. The lowest BCUT2D eigenvalue weighted by atomic mass is 10.0. The van der Waals surface area contributed by atoms with Crippen LogP contribution in [-0.2, 0) is 32.2 Å². The number of para-hydroxylation sites is 2. The molecule has 54 heavy (non-hydrogen) atoms. The molecule has 0 saturated carbocycles. The number of aromatic nitrogens is 4. The third kappa shape index (κ3) is 10.9. The second kappa shape index (κ2) is 19.2. The average molecular weight is 752 g/mol. The van der Waals surface area contributed by atoms with E-state index in [0.29, 0.717) is 48.1 Å². The molecule has 13 nitrogen and oxygen atoms in total. The van der Waals surface area contributed by atoms with Crippen LogP contribution in [0.5, 0.6) is 5.75 Å². The van der Waals surface area contributed by atoms with E-state index in [0.717, 1.165) is 53.6 Å². The van der Waals surface area contributed by atoms with E-state index in [-0.39, 0.29) is 36.4 Å². The summed E-state index contributed by atoms with van der Waals surface area (Å²) in [4.78, 5) is 24.8. The largest absolute Gasteiger partial charge is 0.508 e. The molecule has 0 radical (unpaired) electrons. The highest BCUT2D eigenvalue weighted by molar-refractivity contribution is 7.99. The van der Waals surface area contributed by atoms with Gasteiger partial charge in [-0.2, -0.15) is 4.68 Å². The molecule has 2 amide bonds. The van der Waals surface area contributed by atoms with Crippen molar-refractivity contribution in [1.29, 1.82) is 0 Å². The second-order valence-corrected chi connectivity index (χ2v) is 14.1. The Kier molecular flexibility index (Phi) is 13.6. The summed E-state index contributed by atoms with van der Waals surface area (Å²) >= 11 is 1.47. The molecular formula is C40H45N7O6S. The third-order valence-electron chi connectivity index (χ3n) is 9.08. The van der Waals surface area contributed by atoms with E-state index in [1.807, 2.05) is 60.7 Å². The van der Waals surface area contributed by atoms with Crippen LogP contribution < -0.4 is 16.4 Å². The minimum absolute atomic E-state index is 0.0119. The number of rotatable bonds is 17. The minimum Gasteiger partial charge on any atom is -0.508 e. The Morgan fingerprint density at radius 3 is 2.24 bits per heavy atom. The summed E-state index contributed by atoms with van der Waals surface area (Å²) in [7, 11) is 0. The predicted octanol–water partition coefficient (Wildman–Crippen LogP) is 6.38. The quantitative estimate of drug-likeness (QED) is 0.0404.